The van der Waals surface area contributed by atoms with Crippen LogP contribution in [0.5, 0.6) is 0 Å². The highest BCUT2D eigenvalue weighted by molar-refractivity contribution is 7.99. The Labute approximate surface area is 118 Å². The van der Waals surface area contributed by atoms with Gasteiger partial charge in [0, 0.05) is 29.6 Å². The normalized spacial score (nSPS) is 10.4. The first kappa shape index (κ1) is 15.2. The fraction of sp³-hybridized carbons (Fsp3) is 0.462. The maximum absolute atomic E-state index is 11.8. The molecule has 0 spiro atoms. The number of benzene rings is 1. The van der Waals surface area contributed by atoms with Gasteiger partial charge in [-0.05, 0) is 31.5 Å². The number of rotatable bonds is 6. The van der Waals surface area contributed by atoms with Gasteiger partial charge in [0.15, 0.2) is 0 Å². The fourth-order valence-corrected chi connectivity index (χ4v) is 2.74. The minimum Gasteiger partial charge on any atom is -0.398 e. The minimum absolute atomic E-state index is 0.178. The van der Waals surface area contributed by atoms with Gasteiger partial charge >= 0.3 is 0 Å². The number of carbonyl (C=O) groups excluding carboxylic acids is 1. The molecule has 1 aromatic rings. The van der Waals surface area contributed by atoms with E-state index in [2.05, 4.69) is 0 Å². The molecule has 0 saturated carbocycles. The molecule has 0 aliphatic heterocycles. The highest BCUT2D eigenvalue weighted by atomic mass is 35.5. The summed E-state index contributed by atoms with van der Waals surface area (Å²) in [7, 11) is 0. The van der Waals surface area contributed by atoms with Gasteiger partial charge in [-0.25, -0.2) is 0 Å². The molecule has 0 aliphatic carbocycles. The predicted molar refractivity (Wildman–Crippen MR) is 80.0 cm³/mol. The molecule has 18 heavy (non-hydrogen) atoms. The van der Waals surface area contributed by atoms with Gasteiger partial charge < -0.3 is 10.6 Å². The quantitative estimate of drug-likeness (QED) is 0.818. The third kappa shape index (κ3) is 4.42. The number of thioether (sulfide) groups is 1. The number of nitrogens with two attached hydrogens (primary N) is 1. The molecule has 0 fully saturated rings. The molecule has 0 aromatic heterocycles. The van der Waals surface area contributed by atoms with Crippen LogP contribution in [0.4, 0.5) is 5.69 Å². The molecule has 2 N–H and O–H groups in total. The number of halogens is 1. The minimum atomic E-state index is 0.178. The van der Waals surface area contributed by atoms with Crippen molar-refractivity contribution in [2.24, 2.45) is 0 Å². The van der Waals surface area contributed by atoms with Gasteiger partial charge in [0.25, 0.3) is 0 Å². The molecule has 0 aliphatic rings. The Morgan fingerprint density at radius 1 is 1.39 bits per heavy atom. The van der Waals surface area contributed by atoms with E-state index in [1.807, 2.05) is 30.9 Å². The van der Waals surface area contributed by atoms with Crippen LogP contribution in [-0.4, -0.2) is 29.6 Å². The van der Waals surface area contributed by atoms with Crippen LogP contribution >= 0.6 is 23.4 Å². The fourth-order valence-electron chi connectivity index (χ4n) is 1.61. The van der Waals surface area contributed by atoms with E-state index in [0.717, 1.165) is 24.4 Å². The van der Waals surface area contributed by atoms with E-state index < -0.39 is 0 Å². The molecule has 1 rings (SSSR count). The molecule has 0 heterocycles. The number of nitrogen functional groups attached to an aromatic ring is 1. The number of hydrogen-bond acceptors (Lipinski definition) is 3. The van der Waals surface area contributed by atoms with Crippen LogP contribution in [0.3, 0.4) is 0 Å². The molecule has 0 atom stereocenters. The van der Waals surface area contributed by atoms with E-state index in [9.17, 15) is 4.79 Å². The van der Waals surface area contributed by atoms with Crippen molar-refractivity contribution >= 4 is 35.0 Å². The molecule has 1 aromatic carbocycles. The van der Waals surface area contributed by atoms with E-state index in [-0.39, 0.29) is 5.91 Å². The van der Waals surface area contributed by atoms with Gasteiger partial charge in [-0.2, -0.15) is 0 Å². The van der Waals surface area contributed by atoms with Crippen molar-refractivity contribution in [1.29, 1.82) is 0 Å². The molecular weight excluding hydrogens is 268 g/mol. The summed E-state index contributed by atoms with van der Waals surface area (Å²) in [4.78, 5) is 13.6. The van der Waals surface area contributed by atoms with Crippen LogP contribution in [0.15, 0.2) is 18.2 Å². The van der Waals surface area contributed by atoms with Crippen LogP contribution in [0.25, 0.3) is 0 Å². The monoisotopic (exact) mass is 286 g/mol. The largest absolute Gasteiger partial charge is 0.398 e. The summed E-state index contributed by atoms with van der Waals surface area (Å²) < 4.78 is 0. The molecular formula is C13H19ClN2OS. The van der Waals surface area contributed by atoms with Crippen molar-refractivity contribution in [3.63, 3.8) is 0 Å². The average Bonchev–Trinajstić information content (AvgIpc) is 2.33. The van der Waals surface area contributed by atoms with Gasteiger partial charge in [-0.15, -0.1) is 11.8 Å². The Bertz CT molecular complexity index is 408. The van der Waals surface area contributed by atoms with E-state index in [4.69, 9.17) is 17.3 Å². The number of amides is 1. The van der Waals surface area contributed by atoms with Crippen LogP contribution in [0, 0.1) is 0 Å². The van der Waals surface area contributed by atoms with Gasteiger partial charge in [0.2, 0.25) is 5.91 Å². The summed E-state index contributed by atoms with van der Waals surface area (Å²) >= 11 is 7.41. The number of hydrogen-bond donors (Lipinski definition) is 1. The molecule has 3 nitrogen and oxygen atoms in total. The first-order valence-electron chi connectivity index (χ1n) is 5.97. The van der Waals surface area contributed by atoms with E-state index in [0.29, 0.717) is 16.5 Å². The molecule has 100 valence electrons. The highest BCUT2D eigenvalue weighted by Gasteiger charge is 2.09. The van der Waals surface area contributed by atoms with Gasteiger partial charge in [-0.1, -0.05) is 17.7 Å². The summed E-state index contributed by atoms with van der Waals surface area (Å²) in [6.45, 7) is 5.50. The summed E-state index contributed by atoms with van der Waals surface area (Å²) in [5.74, 6) is 1.40. The Morgan fingerprint density at radius 2 is 2.06 bits per heavy atom. The smallest absolute Gasteiger partial charge is 0.232 e. The third-order valence-electron chi connectivity index (χ3n) is 2.71. The predicted octanol–water partition coefficient (Wildman–Crippen LogP) is 3.02. The maximum Gasteiger partial charge on any atom is 0.232 e. The summed E-state index contributed by atoms with van der Waals surface area (Å²) in [5, 5.41) is 0.639. The van der Waals surface area contributed by atoms with E-state index >= 15 is 0 Å². The lowest BCUT2D eigenvalue weighted by Gasteiger charge is -2.18. The summed E-state index contributed by atoms with van der Waals surface area (Å²) in [6, 6.07) is 5.47. The molecule has 0 saturated heterocycles. The van der Waals surface area contributed by atoms with Crippen LogP contribution in [-0.2, 0) is 10.5 Å². The Hall–Kier alpha value is -0.870. The lowest BCUT2D eigenvalue weighted by Crippen LogP contribution is -2.31. The van der Waals surface area contributed by atoms with Crippen molar-refractivity contribution in [1.82, 2.24) is 4.90 Å². The highest BCUT2D eigenvalue weighted by Crippen LogP contribution is 2.22. The van der Waals surface area contributed by atoms with E-state index in [1.54, 1.807) is 17.8 Å². The third-order valence-corrected chi connectivity index (χ3v) is 3.91. The summed E-state index contributed by atoms with van der Waals surface area (Å²) in [5.41, 5.74) is 7.57. The zero-order valence-electron chi connectivity index (χ0n) is 10.8. The second-order valence-electron chi connectivity index (χ2n) is 3.90. The first-order chi connectivity index (χ1) is 8.58. The Kier molecular flexibility index (Phi) is 6.36. The van der Waals surface area contributed by atoms with Gasteiger partial charge in [-0.3, -0.25) is 4.79 Å². The Morgan fingerprint density at radius 3 is 2.61 bits per heavy atom. The summed E-state index contributed by atoms with van der Waals surface area (Å²) in [6.07, 6.45) is 0. The first-order valence-corrected chi connectivity index (χ1v) is 7.51. The molecule has 0 bridgehead atoms. The van der Waals surface area contributed by atoms with Crippen molar-refractivity contribution in [3.8, 4) is 0 Å². The molecule has 0 unspecified atom stereocenters. The average molecular weight is 287 g/mol. The van der Waals surface area contributed by atoms with Crippen LogP contribution in [0.2, 0.25) is 5.02 Å². The zero-order chi connectivity index (χ0) is 13.5. The standard InChI is InChI=1S/C13H19ClN2OS/c1-3-16(4-2)13(17)9-18-8-10-5-6-11(14)7-12(10)15/h5-7H,3-4,8-9,15H2,1-2H3. The maximum atomic E-state index is 11.8. The SMILES string of the molecule is CCN(CC)C(=O)CSCc1ccc(Cl)cc1N. The second-order valence-corrected chi connectivity index (χ2v) is 5.32. The van der Waals surface area contributed by atoms with Crippen LogP contribution < -0.4 is 5.73 Å². The van der Waals surface area contributed by atoms with E-state index in [1.165, 1.54) is 0 Å². The van der Waals surface area contributed by atoms with Crippen molar-refractivity contribution in [2.75, 3.05) is 24.6 Å². The number of nitrogens with zero attached hydrogens (tertiary/aromatic N) is 1. The molecule has 1 amide bonds. The molecule has 5 heteroatoms. The molecule has 0 radical (unpaired) electrons. The zero-order valence-corrected chi connectivity index (χ0v) is 12.4. The number of carbonyl (C=O) groups is 1. The van der Waals surface area contributed by atoms with Crippen molar-refractivity contribution in [2.45, 2.75) is 19.6 Å². The van der Waals surface area contributed by atoms with Gasteiger partial charge in [0.05, 0.1) is 5.75 Å². The topological polar surface area (TPSA) is 46.3 Å². The van der Waals surface area contributed by atoms with Crippen molar-refractivity contribution in [3.05, 3.63) is 28.8 Å². The number of anilines is 1. The Balaban J connectivity index is 2.44. The van der Waals surface area contributed by atoms with Crippen molar-refractivity contribution < 1.29 is 4.79 Å². The van der Waals surface area contributed by atoms with Gasteiger partial charge in [0.1, 0.15) is 0 Å². The lowest BCUT2D eigenvalue weighted by atomic mass is 10.2. The van der Waals surface area contributed by atoms with Crippen LogP contribution in [0.1, 0.15) is 19.4 Å². The lowest BCUT2D eigenvalue weighted by molar-refractivity contribution is -0.127. The second kappa shape index (κ2) is 7.54.